The summed E-state index contributed by atoms with van der Waals surface area (Å²) >= 11 is 0. The number of nitrogens with one attached hydrogen (secondary N) is 1. The molecule has 3 fully saturated rings. The summed E-state index contributed by atoms with van der Waals surface area (Å²) in [6, 6.07) is 8.97. The van der Waals surface area contributed by atoms with E-state index in [2.05, 4.69) is 16.3 Å². The summed E-state index contributed by atoms with van der Waals surface area (Å²) in [6.45, 7) is 4.77. The molecule has 31 heavy (non-hydrogen) atoms. The molecule has 168 valence electrons. The zero-order valence-corrected chi connectivity index (χ0v) is 17.9. The number of aliphatic hydroxyl groups excluding tert-OH is 1. The number of nitriles is 1. The molecule has 3 aliphatic heterocycles. The largest absolute Gasteiger partial charge is 0.491 e. The Kier molecular flexibility index (Phi) is 7.28. The van der Waals surface area contributed by atoms with Crippen molar-refractivity contribution in [3.8, 4) is 11.8 Å². The van der Waals surface area contributed by atoms with Gasteiger partial charge in [-0.2, -0.15) is 5.26 Å². The van der Waals surface area contributed by atoms with Gasteiger partial charge in [-0.15, -0.1) is 0 Å². The minimum Gasteiger partial charge on any atom is -0.491 e. The van der Waals surface area contributed by atoms with E-state index in [0.717, 1.165) is 58.5 Å². The SMILES string of the molecule is N#Cc1ccc(OCC(O)CN2CC3CC(C2)CN(C(=O)NC2CCCCO2)C3)cc1. The highest BCUT2D eigenvalue weighted by molar-refractivity contribution is 5.74. The Morgan fingerprint density at radius 1 is 1.23 bits per heavy atom. The van der Waals surface area contributed by atoms with Crippen molar-refractivity contribution in [3.05, 3.63) is 29.8 Å². The molecule has 0 aliphatic carbocycles. The van der Waals surface area contributed by atoms with Crippen molar-refractivity contribution < 1.29 is 19.4 Å². The Bertz CT molecular complexity index is 761. The minimum absolute atomic E-state index is 0.00842. The molecule has 4 atom stereocenters. The number of urea groups is 1. The number of amides is 2. The van der Waals surface area contributed by atoms with Crippen molar-refractivity contribution in [1.82, 2.24) is 15.1 Å². The van der Waals surface area contributed by atoms with Crippen LogP contribution >= 0.6 is 0 Å². The summed E-state index contributed by atoms with van der Waals surface area (Å²) in [7, 11) is 0. The normalized spacial score (nSPS) is 27.2. The van der Waals surface area contributed by atoms with Gasteiger partial charge in [0.05, 0.1) is 11.6 Å². The predicted octanol–water partition coefficient (Wildman–Crippen LogP) is 1.79. The molecule has 2 N–H and O–H groups in total. The molecule has 1 aromatic rings. The molecule has 8 nitrogen and oxygen atoms in total. The highest BCUT2D eigenvalue weighted by Crippen LogP contribution is 2.29. The maximum atomic E-state index is 12.7. The Hall–Kier alpha value is -2.34. The number of piperidine rings is 2. The number of hydrogen-bond donors (Lipinski definition) is 2. The van der Waals surface area contributed by atoms with E-state index in [1.807, 2.05) is 4.90 Å². The van der Waals surface area contributed by atoms with Crippen LogP contribution < -0.4 is 10.1 Å². The summed E-state index contributed by atoms with van der Waals surface area (Å²) in [5.74, 6) is 1.51. The van der Waals surface area contributed by atoms with Crippen molar-refractivity contribution >= 4 is 6.03 Å². The minimum atomic E-state index is -0.586. The first-order valence-electron chi connectivity index (χ1n) is 11.3. The predicted molar refractivity (Wildman–Crippen MR) is 114 cm³/mol. The lowest BCUT2D eigenvalue weighted by Gasteiger charge is -2.46. The van der Waals surface area contributed by atoms with Crippen LogP contribution in [0.4, 0.5) is 4.79 Å². The average molecular weight is 429 g/mol. The van der Waals surface area contributed by atoms with Crippen LogP contribution in [-0.2, 0) is 4.74 Å². The molecule has 2 amide bonds. The van der Waals surface area contributed by atoms with Crippen LogP contribution in [-0.4, -0.2) is 79.2 Å². The van der Waals surface area contributed by atoms with Gasteiger partial charge in [0.1, 0.15) is 24.7 Å². The quantitative estimate of drug-likeness (QED) is 0.717. The lowest BCUT2D eigenvalue weighted by molar-refractivity contribution is -0.0107. The maximum absolute atomic E-state index is 12.7. The first kappa shape index (κ1) is 21.9. The number of carbonyl (C=O) groups excluding carboxylic acids is 1. The Labute approximate surface area is 183 Å². The lowest BCUT2D eigenvalue weighted by Crippen LogP contribution is -2.58. The van der Waals surface area contributed by atoms with Gasteiger partial charge in [0.25, 0.3) is 0 Å². The molecular formula is C23H32N4O4. The van der Waals surface area contributed by atoms with E-state index in [4.69, 9.17) is 14.7 Å². The molecule has 4 unspecified atom stereocenters. The van der Waals surface area contributed by atoms with E-state index in [9.17, 15) is 9.90 Å². The monoisotopic (exact) mass is 428 g/mol. The van der Waals surface area contributed by atoms with Gasteiger partial charge in [-0.3, -0.25) is 4.90 Å². The number of carbonyl (C=O) groups is 1. The fourth-order valence-electron chi connectivity index (χ4n) is 4.96. The molecule has 4 rings (SSSR count). The van der Waals surface area contributed by atoms with Crippen molar-refractivity contribution in [1.29, 1.82) is 5.26 Å². The first-order chi connectivity index (χ1) is 15.1. The maximum Gasteiger partial charge on any atom is 0.319 e. The molecular weight excluding hydrogens is 396 g/mol. The summed E-state index contributed by atoms with van der Waals surface area (Å²) in [5.41, 5.74) is 0.585. The smallest absolute Gasteiger partial charge is 0.319 e. The number of fused-ring (bicyclic) bond motifs is 2. The summed E-state index contributed by atoms with van der Waals surface area (Å²) < 4.78 is 11.3. The van der Waals surface area contributed by atoms with Crippen LogP contribution in [0.5, 0.6) is 5.75 Å². The molecule has 8 heteroatoms. The van der Waals surface area contributed by atoms with E-state index in [-0.39, 0.29) is 18.9 Å². The number of aliphatic hydroxyl groups is 1. The third kappa shape index (κ3) is 6.10. The van der Waals surface area contributed by atoms with Crippen LogP contribution in [0.3, 0.4) is 0 Å². The third-order valence-electron chi connectivity index (χ3n) is 6.30. The molecule has 0 spiro atoms. The molecule has 3 heterocycles. The fourth-order valence-corrected chi connectivity index (χ4v) is 4.96. The van der Waals surface area contributed by atoms with E-state index >= 15 is 0 Å². The number of nitrogens with zero attached hydrogens (tertiary/aromatic N) is 3. The van der Waals surface area contributed by atoms with Gasteiger partial charge in [0.2, 0.25) is 0 Å². The molecule has 0 saturated carbocycles. The molecule has 1 aromatic carbocycles. The van der Waals surface area contributed by atoms with Crippen LogP contribution in [0.2, 0.25) is 0 Å². The number of hydrogen-bond acceptors (Lipinski definition) is 6. The first-order valence-corrected chi connectivity index (χ1v) is 11.3. The van der Waals surface area contributed by atoms with E-state index in [1.54, 1.807) is 24.3 Å². The van der Waals surface area contributed by atoms with Crippen molar-refractivity contribution in [2.75, 3.05) is 45.9 Å². The fraction of sp³-hybridized carbons (Fsp3) is 0.652. The van der Waals surface area contributed by atoms with Crippen LogP contribution in [0.1, 0.15) is 31.2 Å². The number of β-amino-alcohol motifs (C(OH)–C–C–N with tert-alkyl or cyclic N) is 1. The second-order valence-electron chi connectivity index (χ2n) is 9.00. The van der Waals surface area contributed by atoms with Gasteiger partial charge >= 0.3 is 6.03 Å². The van der Waals surface area contributed by atoms with E-state index < -0.39 is 6.10 Å². The number of benzene rings is 1. The summed E-state index contributed by atoms with van der Waals surface area (Å²) in [5, 5.41) is 22.3. The van der Waals surface area contributed by atoms with Crippen molar-refractivity contribution in [2.45, 2.75) is 38.0 Å². The van der Waals surface area contributed by atoms with Crippen LogP contribution in [0.15, 0.2) is 24.3 Å². The molecule has 3 saturated heterocycles. The molecule has 0 radical (unpaired) electrons. The standard InChI is InChI=1S/C23H32N4O4/c24-10-17-4-6-21(7-5-17)31-16-20(28)15-26-11-18-9-19(12-26)14-27(13-18)23(29)25-22-3-1-2-8-30-22/h4-7,18-20,22,28H,1-3,8-9,11-16H2,(H,25,29). The summed E-state index contributed by atoms with van der Waals surface area (Å²) in [4.78, 5) is 16.9. The van der Waals surface area contributed by atoms with Crippen LogP contribution in [0.25, 0.3) is 0 Å². The zero-order chi connectivity index (χ0) is 21.6. The lowest BCUT2D eigenvalue weighted by atomic mass is 9.84. The van der Waals surface area contributed by atoms with Gasteiger partial charge in [-0.05, 0) is 61.8 Å². The Balaban J connectivity index is 1.20. The average Bonchev–Trinajstić information content (AvgIpc) is 2.78. The number of ether oxygens (including phenoxy) is 2. The second-order valence-corrected chi connectivity index (χ2v) is 9.00. The van der Waals surface area contributed by atoms with Crippen molar-refractivity contribution in [2.24, 2.45) is 11.8 Å². The third-order valence-corrected chi connectivity index (χ3v) is 6.30. The van der Waals surface area contributed by atoms with Gasteiger partial charge < -0.3 is 24.8 Å². The van der Waals surface area contributed by atoms with Crippen LogP contribution in [0, 0.1) is 23.2 Å². The molecule has 2 bridgehead atoms. The van der Waals surface area contributed by atoms with Gasteiger partial charge in [-0.25, -0.2) is 4.79 Å². The topological polar surface area (TPSA) is 98.1 Å². The Morgan fingerprint density at radius 3 is 2.61 bits per heavy atom. The van der Waals surface area contributed by atoms with Gasteiger partial charge in [0, 0.05) is 39.3 Å². The summed E-state index contributed by atoms with van der Waals surface area (Å²) in [6.07, 6.45) is 3.46. The zero-order valence-electron chi connectivity index (χ0n) is 17.9. The number of likely N-dealkylation sites (tertiary alicyclic amines) is 2. The van der Waals surface area contributed by atoms with E-state index in [1.165, 1.54) is 0 Å². The second kappa shape index (κ2) is 10.3. The highest BCUT2D eigenvalue weighted by Gasteiger charge is 2.36. The number of rotatable bonds is 6. The molecule has 0 aromatic heterocycles. The van der Waals surface area contributed by atoms with Gasteiger partial charge in [0.15, 0.2) is 0 Å². The highest BCUT2D eigenvalue weighted by atomic mass is 16.5. The van der Waals surface area contributed by atoms with Gasteiger partial charge in [-0.1, -0.05) is 0 Å². The Morgan fingerprint density at radius 2 is 1.97 bits per heavy atom. The molecule has 3 aliphatic rings. The van der Waals surface area contributed by atoms with E-state index in [0.29, 0.717) is 29.7 Å². The van der Waals surface area contributed by atoms with Crippen molar-refractivity contribution in [3.63, 3.8) is 0 Å².